The molecule has 0 spiro atoms. The minimum atomic E-state index is -0.366. The Kier molecular flexibility index (Phi) is 3.24. The van der Waals surface area contributed by atoms with Gasteiger partial charge >= 0.3 is 0 Å². The molecule has 0 radical (unpaired) electrons. The number of carbonyl (C=O) groups excluding carboxylic acids is 1. The lowest BCUT2D eigenvalue weighted by Crippen LogP contribution is -2.39. The van der Waals surface area contributed by atoms with Gasteiger partial charge in [0.15, 0.2) is 0 Å². The normalized spacial score (nSPS) is 12.9. The Morgan fingerprint density at radius 2 is 2.22 bits per heavy atom. The number of hydrogen-bond donors (Lipinski definition) is 1. The molecule has 0 saturated carbocycles. The zero-order chi connectivity index (χ0) is 7.44. The predicted octanol–water partition coefficient (Wildman–Crippen LogP) is -0.188. The van der Waals surface area contributed by atoms with Crippen LogP contribution in [0.25, 0.3) is 0 Å². The summed E-state index contributed by atoms with van der Waals surface area (Å²) in [6, 6.07) is -0.366. The van der Waals surface area contributed by atoms with Crippen molar-refractivity contribution in [3.05, 3.63) is 0 Å². The van der Waals surface area contributed by atoms with E-state index in [0.29, 0.717) is 0 Å². The monoisotopic (exact) mass is 130 g/mol. The average Bonchev–Trinajstić information content (AvgIpc) is 1.84. The van der Waals surface area contributed by atoms with E-state index < -0.39 is 0 Å². The molecule has 54 valence electrons. The van der Waals surface area contributed by atoms with Gasteiger partial charge in [-0.3, -0.25) is 4.79 Å². The fourth-order valence-corrected chi connectivity index (χ4v) is 0.503. The van der Waals surface area contributed by atoms with Gasteiger partial charge in [-0.05, 0) is 13.8 Å². The van der Waals surface area contributed by atoms with Crippen LogP contribution in [0, 0.1) is 0 Å². The second kappa shape index (κ2) is 3.45. The third-order valence-electron chi connectivity index (χ3n) is 1.24. The van der Waals surface area contributed by atoms with Crippen molar-refractivity contribution in [2.45, 2.75) is 19.9 Å². The first kappa shape index (κ1) is 8.43. The molecule has 3 nitrogen and oxygen atoms in total. The fraction of sp³-hybridized carbons (Fsp3) is 0.833. The van der Waals surface area contributed by atoms with Crippen LogP contribution in [0.5, 0.6) is 0 Å². The molecule has 0 aliphatic heterocycles. The van der Waals surface area contributed by atoms with Crippen LogP contribution in [0.4, 0.5) is 0 Å². The Balaban J connectivity index is 3.73. The second-order valence-corrected chi connectivity index (χ2v) is 2.14. The van der Waals surface area contributed by atoms with Crippen LogP contribution in [0.3, 0.4) is 0 Å². The Morgan fingerprint density at radius 3 is 2.33 bits per heavy atom. The number of nitrogens with two attached hydrogens (primary N) is 1. The van der Waals surface area contributed by atoms with Crippen molar-refractivity contribution < 1.29 is 4.79 Å². The molecule has 9 heavy (non-hydrogen) atoms. The summed E-state index contributed by atoms with van der Waals surface area (Å²) in [5.74, 6) is -0.00231. The van der Waals surface area contributed by atoms with Crippen molar-refractivity contribution in [3.8, 4) is 0 Å². The number of carbonyl (C=O) groups is 1. The quantitative estimate of drug-likeness (QED) is 0.563. The van der Waals surface area contributed by atoms with Gasteiger partial charge in [0, 0.05) is 13.6 Å². The first-order valence-electron chi connectivity index (χ1n) is 3.10. The maximum Gasteiger partial charge on any atom is 0.238 e. The highest BCUT2D eigenvalue weighted by molar-refractivity contribution is 5.80. The van der Waals surface area contributed by atoms with E-state index in [4.69, 9.17) is 5.73 Å². The van der Waals surface area contributed by atoms with Gasteiger partial charge in [0.1, 0.15) is 0 Å². The first-order chi connectivity index (χ1) is 4.09. The molecule has 0 bridgehead atoms. The van der Waals surface area contributed by atoms with Gasteiger partial charge in [-0.25, -0.2) is 0 Å². The van der Waals surface area contributed by atoms with E-state index in [2.05, 4.69) is 0 Å². The summed E-state index contributed by atoms with van der Waals surface area (Å²) < 4.78 is 0. The first-order valence-corrected chi connectivity index (χ1v) is 3.10. The van der Waals surface area contributed by atoms with Crippen LogP contribution in [0.2, 0.25) is 0 Å². The summed E-state index contributed by atoms with van der Waals surface area (Å²) in [5, 5.41) is 0. The van der Waals surface area contributed by atoms with E-state index in [-0.39, 0.29) is 11.9 Å². The summed E-state index contributed by atoms with van der Waals surface area (Å²) in [5.41, 5.74) is 5.32. The largest absolute Gasteiger partial charge is 0.345 e. The third-order valence-corrected chi connectivity index (χ3v) is 1.24. The molecule has 0 aliphatic rings. The lowest BCUT2D eigenvalue weighted by molar-refractivity contribution is -0.130. The van der Waals surface area contributed by atoms with Crippen LogP contribution in [0.15, 0.2) is 0 Å². The number of nitrogens with zero attached hydrogens (tertiary/aromatic N) is 1. The molecule has 1 amide bonds. The van der Waals surface area contributed by atoms with Crippen molar-refractivity contribution in [1.29, 1.82) is 0 Å². The molecule has 2 N–H and O–H groups in total. The maximum atomic E-state index is 10.9. The van der Waals surface area contributed by atoms with Gasteiger partial charge in [-0.1, -0.05) is 0 Å². The minimum Gasteiger partial charge on any atom is -0.345 e. The van der Waals surface area contributed by atoms with Crippen LogP contribution in [-0.2, 0) is 4.79 Å². The van der Waals surface area contributed by atoms with Crippen LogP contribution < -0.4 is 5.73 Å². The van der Waals surface area contributed by atoms with Gasteiger partial charge in [-0.15, -0.1) is 0 Å². The van der Waals surface area contributed by atoms with Gasteiger partial charge < -0.3 is 10.6 Å². The molecule has 0 heterocycles. The molecule has 0 fully saturated rings. The number of likely N-dealkylation sites (N-methyl/N-ethyl adjacent to an activating group) is 1. The van der Waals surface area contributed by atoms with Crippen molar-refractivity contribution >= 4 is 5.91 Å². The molecule has 0 aromatic carbocycles. The SMILES string of the molecule is CCN(C)C(=O)[C@H](C)N. The summed E-state index contributed by atoms with van der Waals surface area (Å²) in [6.45, 7) is 4.33. The highest BCUT2D eigenvalue weighted by Crippen LogP contribution is 1.86. The molecule has 0 aliphatic carbocycles. The van der Waals surface area contributed by atoms with Gasteiger partial charge in [0.05, 0.1) is 6.04 Å². The average molecular weight is 130 g/mol. The predicted molar refractivity (Wildman–Crippen MR) is 37.0 cm³/mol. The molecule has 1 atom stereocenters. The third kappa shape index (κ3) is 2.46. The summed E-state index contributed by atoms with van der Waals surface area (Å²) in [4.78, 5) is 12.5. The maximum absolute atomic E-state index is 10.9. The highest BCUT2D eigenvalue weighted by atomic mass is 16.2. The molecule has 0 rings (SSSR count). The Hall–Kier alpha value is -0.570. The van der Waals surface area contributed by atoms with Crippen LogP contribution in [-0.4, -0.2) is 30.4 Å². The van der Waals surface area contributed by atoms with Crippen molar-refractivity contribution in [3.63, 3.8) is 0 Å². The summed E-state index contributed by atoms with van der Waals surface area (Å²) >= 11 is 0. The lowest BCUT2D eigenvalue weighted by atomic mass is 10.3. The minimum absolute atomic E-state index is 0.00231. The highest BCUT2D eigenvalue weighted by Gasteiger charge is 2.09. The molecule has 3 heteroatoms. The fourth-order valence-electron chi connectivity index (χ4n) is 0.503. The van der Waals surface area contributed by atoms with Gasteiger partial charge in [-0.2, -0.15) is 0 Å². The van der Waals surface area contributed by atoms with Crippen LogP contribution in [0.1, 0.15) is 13.8 Å². The molecular formula is C6H14N2O. The van der Waals surface area contributed by atoms with Crippen molar-refractivity contribution in [2.75, 3.05) is 13.6 Å². The van der Waals surface area contributed by atoms with Crippen LogP contribution >= 0.6 is 0 Å². The van der Waals surface area contributed by atoms with E-state index in [1.165, 1.54) is 0 Å². The van der Waals surface area contributed by atoms with E-state index in [9.17, 15) is 4.79 Å². The lowest BCUT2D eigenvalue weighted by Gasteiger charge is -2.16. The second-order valence-electron chi connectivity index (χ2n) is 2.14. The standard InChI is InChI=1S/C6H14N2O/c1-4-8(3)6(9)5(2)7/h5H,4,7H2,1-3H3/t5-/m0/s1. The molecular weight excluding hydrogens is 116 g/mol. The molecule has 0 aromatic heterocycles. The van der Waals surface area contributed by atoms with Gasteiger partial charge in [0.25, 0.3) is 0 Å². The molecule has 0 aromatic rings. The smallest absolute Gasteiger partial charge is 0.238 e. The summed E-state index contributed by atoms with van der Waals surface area (Å²) in [6.07, 6.45) is 0. The van der Waals surface area contributed by atoms with E-state index in [0.717, 1.165) is 6.54 Å². The summed E-state index contributed by atoms with van der Waals surface area (Å²) in [7, 11) is 1.74. The number of amides is 1. The Bertz CT molecular complexity index is 101. The zero-order valence-electron chi connectivity index (χ0n) is 6.22. The molecule has 0 saturated heterocycles. The number of rotatable bonds is 2. The molecule has 0 unspecified atom stereocenters. The van der Waals surface area contributed by atoms with E-state index in [1.807, 2.05) is 6.92 Å². The van der Waals surface area contributed by atoms with E-state index >= 15 is 0 Å². The van der Waals surface area contributed by atoms with Crippen molar-refractivity contribution in [1.82, 2.24) is 4.90 Å². The van der Waals surface area contributed by atoms with Crippen molar-refractivity contribution in [2.24, 2.45) is 5.73 Å². The Morgan fingerprint density at radius 1 is 1.78 bits per heavy atom. The Labute approximate surface area is 55.8 Å². The zero-order valence-corrected chi connectivity index (χ0v) is 6.22. The topological polar surface area (TPSA) is 46.3 Å². The number of hydrogen-bond acceptors (Lipinski definition) is 2. The van der Waals surface area contributed by atoms with Gasteiger partial charge in [0.2, 0.25) is 5.91 Å². The van der Waals surface area contributed by atoms with E-state index in [1.54, 1.807) is 18.9 Å².